The average Bonchev–Trinajstić information content (AvgIpc) is 2.10. The number of carboxylic acid groups (broad SMARTS) is 1. The Morgan fingerprint density at radius 3 is 2.50 bits per heavy atom. The first kappa shape index (κ1) is 10.5. The second-order valence-corrected chi connectivity index (χ2v) is 2.44. The Balaban J connectivity index is 3.22. The lowest BCUT2D eigenvalue weighted by molar-refractivity contribution is -0.138. The second kappa shape index (κ2) is 3.62. The van der Waals surface area contributed by atoms with Gasteiger partial charge >= 0.3 is 5.97 Å². The summed E-state index contributed by atoms with van der Waals surface area (Å²) in [5.41, 5.74) is 4.13. The number of nitrogens with zero attached hydrogens (tertiary/aromatic N) is 1. The second-order valence-electron chi connectivity index (χ2n) is 2.44. The van der Waals surface area contributed by atoms with Crippen LogP contribution in [0.4, 0.5) is 13.2 Å². The molecule has 0 bridgehead atoms. The van der Waals surface area contributed by atoms with Crippen molar-refractivity contribution in [1.29, 1.82) is 0 Å². The molecule has 3 N–H and O–H groups in total. The van der Waals surface area contributed by atoms with E-state index in [1.54, 1.807) is 0 Å². The van der Waals surface area contributed by atoms with Crippen molar-refractivity contribution in [2.75, 3.05) is 0 Å². The summed E-state index contributed by atoms with van der Waals surface area (Å²) in [6, 6.07) is -1.62. The van der Waals surface area contributed by atoms with Crippen LogP contribution in [-0.4, -0.2) is 16.1 Å². The summed E-state index contributed by atoms with van der Waals surface area (Å²) in [6.45, 7) is 0. The van der Waals surface area contributed by atoms with Gasteiger partial charge in [-0.3, -0.25) is 4.79 Å². The molecule has 0 saturated carbocycles. The van der Waals surface area contributed by atoms with Crippen molar-refractivity contribution in [3.8, 4) is 0 Å². The molecular weight excluding hydrogens is 201 g/mol. The number of aromatic nitrogens is 1. The quantitative estimate of drug-likeness (QED) is 0.694. The van der Waals surface area contributed by atoms with Gasteiger partial charge in [0, 0.05) is 6.07 Å². The van der Waals surface area contributed by atoms with E-state index >= 15 is 0 Å². The molecule has 0 fully saturated rings. The fourth-order valence-electron chi connectivity index (χ4n) is 0.792. The smallest absolute Gasteiger partial charge is 0.326 e. The van der Waals surface area contributed by atoms with Crippen LogP contribution >= 0.6 is 0 Å². The summed E-state index contributed by atoms with van der Waals surface area (Å²) in [7, 11) is 0. The molecule has 0 aliphatic carbocycles. The maximum atomic E-state index is 12.8. The normalized spacial score (nSPS) is 12.6. The number of aliphatic carboxylic acids is 1. The van der Waals surface area contributed by atoms with E-state index in [0.29, 0.717) is 0 Å². The van der Waals surface area contributed by atoms with Crippen LogP contribution in [0.15, 0.2) is 6.07 Å². The number of halogens is 3. The zero-order valence-corrected chi connectivity index (χ0v) is 6.67. The molecule has 76 valence electrons. The highest BCUT2D eigenvalue weighted by Crippen LogP contribution is 2.15. The minimum absolute atomic E-state index is 0.195. The Morgan fingerprint density at radius 2 is 2.00 bits per heavy atom. The molecule has 4 nitrogen and oxygen atoms in total. The van der Waals surface area contributed by atoms with E-state index in [1.807, 2.05) is 0 Å². The number of hydrogen-bond acceptors (Lipinski definition) is 3. The maximum Gasteiger partial charge on any atom is 0.326 e. The van der Waals surface area contributed by atoms with Crippen LogP contribution in [0, 0.1) is 17.6 Å². The molecular formula is C7H5F3N2O2. The standard InChI is InChI=1S/C7H5F3N2O2/c8-2-1-3(9)6(10)12-5(2)4(11)7(13)14/h1,4H,11H2,(H,13,14). The first-order valence-electron chi connectivity index (χ1n) is 3.43. The summed E-state index contributed by atoms with van der Waals surface area (Å²) in [6.07, 6.45) is 0. The summed E-state index contributed by atoms with van der Waals surface area (Å²) < 4.78 is 37.7. The molecule has 1 heterocycles. The maximum absolute atomic E-state index is 12.8. The minimum Gasteiger partial charge on any atom is -0.480 e. The van der Waals surface area contributed by atoms with E-state index in [4.69, 9.17) is 10.8 Å². The molecule has 0 spiro atoms. The van der Waals surface area contributed by atoms with Gasteiger partial charge in [0.25, 0.3) is 0 Å². The Hall–Kier alpha value is -1.63. The first-order valence-corrected chi connectivity index (χ1v) is 3.43. The van der Waals surface area contributed by atoms with Crippen molar-refractivity contribution >= 4 is 5.97 Å². The summed E-state index contributed by atoms with van der Waals surface area (Å²) in [4.78, 5) is 13.1. The lowest BCUT2D eigenvalue weighted by Gasteiger charge is -2.06. The van der Waals surface area contributed by atoms with Crippen LogP contribution in [0.3, 0.4) is 0 Å². The number of carbonyl (C=O) groups is 1. The van der Waals surface area contributed by atoms with Crippen LogP contribution in [0.5, 0.6) is 0 Å². The zero-order valence-electron chi connectivity index (χ0n) is 6.67. The van der Waals surface area contributed by atoms with Crippen molar-refractivity contribution in [3.05, 3.63) is 29.3 Å². The molecule has 7 heteroatoms. The lowest BCUT2D eigenvalue weighted by Crippen LogP contribution is -2.24. The molecule has 0 radical (unpaired) electrons. The third-order valence-corrected chi connectivity index (χ3v) is 1.47. The minimum atomic E-state index is -1.81. The molecule has 14 heavy (non-hydrogen) atoms. The fraction of sp³-hybridized carbons (Fsp3) is 0.143. The van der Waals surface area contributed by atoms with Crippen LogP contribution in [0.1, 0.15) is 11.7 Å². The zero-order chi connectivity index (χ0) is 10.9. The largest absolute Gasteiger partial charge is 0.480 e. The topological polar surface area (TPSA) is 76.2 Å². The van der Waals surface area contributed by atoms with Gasteiger partial charge in [-0.1, -0.05) is 0 Å². The van der Waals surface area contributed by atoms with Gasteiger partial charge in [0.1, 0.15) is 17.6 Å². The molecule has 1 atom stereocenters. The number of carboxylic acids is 1. The molecule has 0 amide bonds. The van der Waals surface area contributed by atoms with Gasteiger partial charge in [-0.25, -0.2) is 13.8 Å². The molecule has 1 rings (SSSR count). The van der Waals surface area contributed by atoms with Gasteiger partial charge in [-0.15, -0.1) is 0 Å². The van der Waals surface area contributed by atoms with Crippen molar-refractivity contribution in [2.45, 2.75) is 6.04 Å². The number of hydrogen-bond donors (Lipinski definition) is 2. The van der Waals surface area contributed by atoms with E-state index in [9.17, 15) is 18.0 Å². The predicted octanol–water partition coefficient (Wildman–Crippen LogP) is 0.583. The van der Waals surface area contributed by atoms with E-state index in [0.717, 1.165) is 0 Å². The molecule has 0 aromatic carbocycles. The summed E-state index contributed by atoms with van der Waals surface area (Å²) >= 11 is 0. The highest BCUT2D eigenvalue weighted by molar-refractivity contribution is 5.74. The molecule has 0 aliphatic heterocycles. The van der Waals surface area contributed by atoms with Gasteiger partial charge in [-0.05, 0) is 0 Å². The Morgan fingerprint density at radius 1 is 1.43 bits per heavy atom. The first-order chi connectivity index (χ1) is 6.43. The van der Waals surface area contributed by atoms with Crippen molar-refractivity contribution in [3.63, 3.8) is 0 Å². The van der Waals surface area contributed by atoms with E-state index in [-0.39, 0.29) is 6.07 Å². The fourth-order valence-corrected chi connectivity index (χ4v) is 0.792. The molecule has 1 aromatic heterocycles. The Kier molecular flexibility index (Phi) is 2.70. The van der Waals surface area contributed by atoms with Gasteiger partial charge in [0.05, 0.1) is 0 Å². The summed E-state index contributed by atoms with van der Waals surface area (Å²) in [5.74, 6) is -5.96. The monoisotopic (exact) mass is 206 g/mol. The third-order valence-electron chi connectivity index (χ3n) is 1.47. The number of pyridine rings is 1. The third kappa shape index (κ3) is 1.82. The van der Waals surface area contributed by atoms with Gasteiger partial charge in [0.2, 0.25) is 5.95 Å². The highest BCUT2D eigenvalue weighted by Gasteiger charge is 2.22. The van der Waals surface area contributed by atoms with Crippen molar-refractivity contribution in [1.82, 2.24) is 4.98 Å². The number of nitrogens with two attached hydrogens (primary N) is 1. The van der Waals surface area contributed by atoms with Crippen LogP contribution in [0.25, 0.3) is 0 Å². The van der Waals surface area contributed by atoms with Crippen LogP contribution in [0.2, 0.25) is 0 Å². The van der Waals surface area contributed by atoms with E-state index in [2.05, 4.69) is 4.98 Å². The van der Waals surface area contributed by atoms with Crippen molar-refractivity contribution < 1.29 is 23.1 Å². The highest BCUT2D eigenvalue weighted by atomic mass is 19.2. The van der Waals surface area contributed by atoms with Crippen molar-refractivity contribution in [2.24, 2.45) is 5.73 Å². The molecule has 1 aromatic rings. The molecule has 0 saturated heterocycles. The Labute approximate surface area is 76.2 Å². The lowest BCUT2D eigenvalue weighted by atomic mass is 10.2. The average molecular weight is 206 g/mol. The van der Waals surface area contributed by atoms with Gasteiger partial charge < -0.3 is 10.8 Å². The van der Waals surface area contributed by atoms with Crippen LogP contribution < -0.4 is 5.73 Å². The van der Waals surface area contributed by atoms with Gasteiger partial charge in [0.15, 0.2) is 5.82 Å². The van der Waals surface area contributed by atoms with Gasteiger partial charge in [-0.2, -0.15) is 4.39 Å². The molecule has 0 aliphatic rings. The van der Waals surface area contributed by atoms with E-state index in [1.165, 1.54) is 0 Å². The Bertz CT molecular complexity index is 383. The predicted molar refractivity (Wildman–Crippen MR) is 38.7 cm³/mol. The van der Waals surface area contributed by atoms with Crippen LogP contribution in [-0.2, 0) is 4.79 Å². The van der Waals surface area contributed by atoms with E-state index < -0.39 is 35.3 Å². The summed E-state index contributed by atoms with van der Waals surface area (Å²) in [5, 5.41) is 8.37. The SMILES string of the molecule is NC(C(=O)O)c1nc(F)c(F)cc1F. The molecule has 1 unspecified atom stereocenters. The number of rotatable bonds is 2.